The molecule has 0 bridgehead atoms. The van der Waals surface area contributed by atoms with Crippen molar-refractivity contribution in [3.63, 3.8) is 0 Å². The minimum absolute atomic E-state index is 0.742. The van der Waals surface area contributed by atoms with Crippen LogP contribution >= 0.6 is 11.8 Å². The molecule has 0 aliphatic carbocycles. The van der Waals surface area contributed by atoms with Gasteiger partial charge >= 0.3 is 0 Å². The van der Waals surface area contributed by atoms with E-state index < -0.39 is 0 Å². The first-order chi connectivity index (χ1) is 6.27. The van der Waals surface area contributed by atoms with E-state index in [-0.39, 0.29) is 0 Å². The Balaban J connectivity index is 2.38. The van der Waals surface area contributed by atoms with E-state index in [1.807, 2.05) is 11.8 Å². The molecule has 0 N–H and O–H groups in total. The van der Waals surface area contributed by atoms with Crippen LogP contribution in [0.4, 0.5) is 5.69 Å². The molecule has 1 heterocycles. The fourth-order valence-electron chi connectivity index (χ4n) is 1.64. The first-order valence-corrected chi connectivity index (χ1v) is 5.62. The third-order valence-corrected chi connectivity index (χ3v) is 3.71. The molecule has 2 rings (SSSR count). The van der Waals surface area contributed by atoms with Gasteiger partial charge in [0.15, 0.2) is 0 Å². The normalized spacial score (nSPS) is 22.3. The van der Waals surface area contributed by atoms with E-state index in [9.17, 15) is 0 Å². The maximum Gasteiger partial charge on any atom is 0.0501 e. The Kier molecular flexibility index (Phi) is 2.49. The van der Waals surface area contributed by atoms with Gasteiger partial charge in [-0.2, -0.15) is 0 Å². The zero-order chi connectivity index (χ0) is 9.26. The molecule has 1 nitrogen and oxygen atoms in total. The van der Waals surface area contributed by atoms with Crippen LogP contribution in [0.15, 0.2) is 29.2 Å². The van der Waals surface area contributed by atoms with Crippen molar-refractivity contribution in [3.8, 4) is 0 Å². The Hall–Kier alpha value is -0.630. The largest absolute Gasteiger partial charge is 0.374 e. The summed E-state index contributed by atoms with van der Waals surface area (Å²) in [5.74, 6) is 0. The van der Waals surface area contributed by atoms with E-state index in [0.29, 0.717) is 0 Å². The molecule has 0 radical (unpaired) electrons. The maximum atomic E-state index is 2.35. The van der Waals surface area contributed by atoms with Gasteiger partial charge in [-0.15, -0.1) is 11.8 Å². The van der Waals surface area contributed by atoms with Crippen molar-refractivity contribution in [3.05, 3.63) is 24.3 Å². The van der Waals surface area contributed by atoms with E-state index in [2.05, 4.69) is 43.1 Å². The molecule has 1 aromatic carbocycles. The van der Waals surface area contributed by atoms with Gasteiger partial charge in [0, 0.05) is 23.7 Å². The van der Waals surface area contributed by atoms with Crippen LogP contribution in [0.5, 0.6) is 0 Å². The molecule has 0 aromatic heterocycles. The highest BCUT2D eigenvalue weighted by molar-refractivity contribution is 8.00. The van der Waals surface area contributed by atoms with Crippen molar-refractivity contribution in [2.24, 2.45) is 0 Å². The molecule has 13 heavy (non-hydrogen) atoms. The summed E-state index contributed by atoms with van der Waals surface area (Å²) in [6.45, 7) is 3.48. The van der Waals surface area contributed by atoms with E-state index in [1.54, 1.807) is 0 Å². The number of hydrogen-bond donors (Lipinski definition) is 0. The van der Waals surface area contributed by atoms with Crippen molar-refractivity contribution < 1.29 is 0 Å². The molecule has 0 fully saturated rings. The SMILES string of the molecule is CC1CCN(C)c2ccccc2S1. The highest BCUT2D eigenvalue weighted by atomic mass is 32.2. The van der Waals surface area contributed by atoms with Gasteiger partial charge in [-0.05, 0) is 18.6 Å². The molecular weight excluding hydrogens is 178 g/mol. The van der Waals surface area contributed by atoms with Gasteiger partial charge < -0.3 is 4.90 Å². The van der Waals surface area contributed by atoms with Gasteiger partial charge in [0.25, 0.3) is 0 Å². The molecule has 1 aliphatic heterocycles. The van der Waals surface area contributed by atoms with Gasteiger partial charge in [-0.25, -0.2) is 0 Å². The van der Waals surface area contributed by atoms with Gasteiger partial charge in [0.2, 0.25) is 0 Å². The lowest BCUT2D eigenvalue weighted by Gasteiger charge is -2.17. The van der Waals surface area contributed by atoms with Crippen LogP contribution in [0, 0.1) is 0 Å². The molecule has 2 heteroatoms. The van der Waals surface area contributed by atoms with Crippen LogP contribution in [-0.4, -0.2) is 18.8 Å². The summed E-state index contributed by atoms with van der Waals surface area (Å²) in [5, 5.41) is 0.742. The summed E-state index contributed by atoms with van der Waals surface area (Å²) >= 11 is 1.99. The summed E-state index contributed by atoms with van der Waals surface area (Å²) < 4.78 is 0. The number of nitrogens with zero attached hydrogens (tertiary/aromatic N) is 1. The lowest BCUT2D eigenvalue weighted by atomic mass is 10.2. The van der Waals surface area contributed by atoms with Crippen LogP contribution in [-0.2, 0) is 0 Å². The number of fused-ring (bicyclic) bond motifs is 1. The summed E-state index contributed by atoms with van der Waals surface area (Å²) in [7, 11) is 2.18. The topological polar surface area (TPSA) is 3.24 Å². The van der Waals surface area contributed by atoms with Crippen molar-refractivity contribution >= 4 is 17.4 Å². The molecule has 0 spiro atoms. The summed E-state index contributed by atoms with van der Waals surface area (Å²) in [4.78, 5) is 3.78. The predicted molar refractivity (Wildman–Crippen MR) is 59.6 cm³/mol. The fourth-order valence-corrected chi connectivity index (χ4v) is 2.80. The molecule has 0 amide bonds. The minimum Gasteiger partial charge on any atom is -0.374 e. The van der Waals surface area contributed by atoms with Crippen LogP contribution in [0.25, 0.3) is 0 Å². The molecule has 0 saturated heterocycles. The molecule has 1 unspecified atom stereocenters. The first-order valence-electron chi connectivity index (χ1n) is 4.74. The summed E-state index contributed by atoms with van der Waals surface area (Å²) in [6.07, 6.45) is 1.27. The third kappa shape index (κ3) is 1.83. The second-order valence-electron chi connectivity index (χ2n) is 3.61. The number of anilines is 1. The molecule has 70 valence electrons. The Labute approximate surface area is 84.1 Å². The number of rotatable bonds is 0. The average Bonchev–Trinajstić information content (AvgIpc) is 2.27. The van der Waals surface area contributed by atoms with Gasteiger partial charge in [0.1, 0.15) is 0 Å². The van der Waals surface area contributed by atoms with Crippen molar-refractivity contribution in [1.82, 2.24) is 0 Å². The minimum atomic E-state index is 0.742. The van der Waals surface area contributed by atoms with E-state index in [1.165, 1.54) is 23.5 Å². The smallest absolute Gasteiger partial charge is 0.0501 e. The van der Waals surface area contributed by atoms with Crippen LogP contribution in [0.2, 0.25) is 0 Å². The van der Waals surface area contributed by atoms with Gasteiger partial charge in [0.05, 0.1) is 5.69 Å². The van der Waals surface area contributed by atoms with Gasteiger partial charge in [-0.3, -0.25) is 0 Å². The van der Waals surface area contributed by atoms with Gasteiger partial charge in [-0.1, -0.05) is 19.1 Å². The average molecular weight is 193 g/mol. The number of benzene rings is 1. The molecule has 1 atom stereocenters. The lowest BCUT2D eigenvalue weighted by Crippen LogP contribution is -2.18. The Morgan fingerprint density at radius 2 is 2.15 bits per heavy atom. The van der Waals surface area contributed by atoms with E-state index in [0.717, 1.165) is 5.25 Å². The quantitative estimate of drug-likeness (QED) is 0.623. The summed E-state index contributed by atoms with van der Waals surface area (Å²) in [5.41, 5.74) is 1.39. The number of thioether (sulfide) groups is 1. The second-order valence-corrected chi connectivity index (χ2v) is 5.09. The van der Waals surface area contributed by atoms with Crippen LogP contribution in [0.1, 0.15) is 13.3 Å². The van der Waals surface area contributed by atoms with Crippen LogP contribution in [0.3, 0.4) is 0 Å². The fraction of sp³-hybridized carbons (Fsp3) is 0.455. The monoisotopic (exact) mass is 193 g/mol. The molecule has 1 aliphatic rings. The third-order valence-electron chi connectivity index (χ3n) is 2.48. The Bertz CT molecular complexity index is 298. The number of hydrogen-bond acceptors (Lipinski definition) is 2. The molecule has 1 aromatic rings. The van der Waals surface area contributed by atoms with Crippen LogP contribution < -0.4 is 4.90 Å². The standard InChI is InChI=1S/C11H15NS/c1-9-7-8-12(2)10-5-3-4-6-11(10)13-9/h3-6,9H,7-8H2,1-2H3. The maximum absolute atomic E-state index is 2.35. The Morgan fingerprint density at radius 1 is 1.38 bits per heavy atom. The van der Waals surface area contributed by atoms with Crippen molar-refractivity contribution in [2.75, 3.05) is 18.5 Å². The number of para-hydroxylation sites is 1. The molecule has 0 saturated carbocycles. The van der Waals surface area contributed by atoms with E-state index >= 15 is 0 Å². The van der Waals surface area contributed by atoms with Crippen molar-refractivity contribution in [2.45, 2.75) is 23.5 Å². The summed E-state index contributed by atoms with van der Waals surface area (Å²) in [6, 6.07) is 8.67. The predicted octanol–water partition coefficient (Wildman–Crippen LogP) is 3.01. The first kappa shape index (κ1) is 8.95. The Morgan fingerprint density at radius 3 is 3.00 bits per heavy atom. The molecular formula is C11H15NS. The lowest BCUT2D eigenvalue weighted by molar-refractivity contribution is 0.787. The zero-order valence-corrected chi connectivity index (χ0v) is 8.97. The second kappa shape index (κ2) is 3.62. The van der Waals surface area contributed by atoms with Crippen molar-refractivity contribution in [1.29, 1.82) is 0 Å². The van der Waals surface area contributed by atoms with E-state index in [4.69, 9.17) is 0 Å². The highest BCUT2D eigenvalue weighted by Gasteiger charge is 2.15. The zero-order valence-electron chi connectivity index (χ0n) is 8.16. The highest BCUT2D eigenvalue weighted by Crippen LogP contribution is 2.36.